The van der Waals surface area contributed by atoms with E-state index < -0.39 is 24.5 Å². The number of aryl methyl sites for hydroxylation is 1. The first-order chi connectivity index (χ1) is 12.3. The van der Waals surface area contributed by atoms with Gasteiger partial charge in [0.2, 0.25) is 0 Å². The molecule has 2 rings (SSSR count). The predicted molar refractivity (Wildman–Crippen MR) is 102 cm³/mol. The average molecular weight is 396 g/mol. The summed E-state index contributed by atoms with van der Waals surface area (Å²) >= 11 is 2.58. The molecule has 0 aromatic carbocycles. The van der Waals surface area contributed by atoms with Crippen LogP contribution >= 0.6 is 22.7 Å². The fourth-order valence-electron chi connectivity index (χ4n) is 2.09. The highest BCUT2D eigenvalue weighted by Crippen LogP contribution is 2.33. The lowest BCUT2D eigenvalue weighted by Gasteiger charge is -2.07. The van der Waals surface area contributed by atoms with Crippen LogP contribution in [0.25, 0.3) is 0 Å². The van der Waals surface area contributed by atoms with Crippen LogP contribution in [0, 0.1) is 6.92 Å². The number of thiophene rings is 2. The molecule has 0 bridgehead atoms. The van der Waals surface area contributed by atoms with E-state index in [1.807, 2.05) is 19.9 Å². The molecule has 6 nitrogen and oxygen atoms in total. The lowest BCUT2D eigenvalue weighted by atomic mass is 10.1. The van der Waals surface area contributed by atoms with Gasteiger partial charge in [-0.05, 0) is 42.8 Å². The van der Waals surface area contributed by atoms with Gasteiger partial charge in [-0.15, -0.1) is 22.7 Å². The zero-order chi connectivity index (χ0) is 19.3. The molecule has 0 unspecified atom stereocenters. The molecular formula is C18H21NO5S2. The summed E-state index contributed by atoms with van der Waals surface area (Å²) in [5.74, 6) is -1.32. The van der Waals surface area contributed by atoms with E-state index in [1.165, 1.54) is 22.7 Å². The molecule has 0 saturated heterocycles. The van der Waals surface area contributed by atoms with E-state index in [0.717, 1.165) is 10.4 Å². The van der Waals surface area contributed by atoms with Crippen molar-refractivity contribution in [2.75, 3.05) is 18.5 Å². The molecular weight excluding hydrogens is 374 g/mol. The highest BCUT2D eigenvalue weighted by molar-refractivity contribution is 7.16. The zero-order valence-corrected chi connectivity index (χ0v) is 16.7. The van der Waals surface area contributed by atoms with E-state index in [9.17, 15) is 14.4 Å². The Labute approximate surface area is 160 Å². The molecule has 0 saturated carbocycles. The number of esters is 2. The maximum atomic E-state index is 12.2. The Kier molecular flexibility index (Phi) is 6.93. The third-order valence-corrected chi connectivity index (χ3v) is 5.80. The molecule has 0 radical (unpaired) electrons. The van der Waals surface area contributed by atoms with Crippen molar-refractivity contribution < 1.29 is 23.9 Å². The molecule has 0 aliphatic carbocycles. The quantitative estimate of drug-likeness (QED) is 0.710. The predicted octanol–water partition coefficient (Wildman–Crippen LogP) is 4.21. The van der Waals surface area contributed by atoms with Crippen LogP contribution in [-0.4, -0.2) is 31.1 Å². The van der Waals surface area contributed by atoms with Gasteiger partial charge in [-0.2, -0.15) is 0 Å². The van der Waals surface area contributed by atoms with E-state index >= 15 is 0 Å². The number of carbonyl (C=O) groups is 3. The van der Waals surface area contributed by atoms with Gasteiger partial charge in [-0.25, -0.2) is 9.59 Å². The molecule has 2 aromatic heterocycles. The van der Waals surface area contributed by atoms with Crippen LogP contribution < -0.4 is 5.32 Å². The third-order valence-electron chi connectivity index (χ3n) is 3.45. The van der Waals surface area contributed by atoms with Crippen LogP contribution in [0.3, 0.4) is 0 Å². The normalized spacial score (nSPS) is 10.7. The van der Waals surface area contributed by atoms with Crippen molar-refractivity contribution in [2.24, 2.45) is 0 Å². The van der Waals surface area contributed by atoms with Gasteiger partial charge in [0, 0.05) is 4.88 Å². The maximum Gasteiger partial charge on any atom is 0.349 e. The molecule has 1 amide bonds. The van der Waals surface area contributed by atoms with Crippen LogP contribution in [-0.2, 0) is 14.3 Å². The molecule has 0 spiro atoms. The second-order valence-electron chi connectivity index (χ2n) is 5.82. The fourth-order valence-corrected chi connectivity index (χ4v) is 3.97. The molecule has 0 fully saturated rings. The Hall–Kier alpha value is -2.19. The second-order valence-corrected chi connectivity index (χ2v) is 7.82. The van der Waals surface area contributed by atoms with Gasteiger partial charge in [0.25, 0.3) is 5.91 Å². The Morgan fingerprint density at radius 3 is 2.50 bits per heavy atom. The van der Waals surface area contributed by atoms with E-state index in [4.69, 9.17) is 9.47 Å². The van der Waals surface area contributed by atoms with Crippen LogP contribution in [0.4, 0.5) is 5.00 Å². The summed E-state index contributed by atoms with van der Waals surface area (Å²) in [6.45, 7) is 7.34. The maximum absolute atomic E-state index is 12.2. The minimum absolute atomic E-state index is 0.207. The summed E-state index contributed by atoms with van der Waals surface area (Å²) in [6.07, 6.45) is 0. The number of nitrogens with one attached hydrogen (secondary N) is 1. The summed E-state index contributed by atoms with van der Waals surface area (Å²) < 4.78 is 10.1. The largest absolute Gasteiger partial charge is 0.462 e. The summed E-state index contributed by atoms with van der Waals surface area (Å²) in [4.78, 5) is 37.6. The first kappa shape index (κ1) is 20.1. The standard InChI is InChI=1S/C18H21NO5S2/c1-5-23-17(21)12-8-13(10(2)3)26-16(12)19-14(20)9-24-18(22)15-11(4)6-7-25-15/h6-8,10H,5,9H2,1-4H3,(H,19,20). The molecule has 2 heterocycles. The monoisotopic (exact) mass is 395 g/mol. The first-order valence-electron chi connectivity index (χ1n) is 8.15. The van der Waals surface area contributed by atoms with Crippen molar-refractivity contribution in [1.29, 1.82) is 0 Å². The molecule has 0 atom stereocenters. The van der Waals surface area contributed by atoms with Crippen LogP contribution in [0.2, 0.25) is 0 Å². The molecule has 1 N–H and O–H groups in total. The Balaban J connectivity index is 2.04. The van der Waals surface area contributed by atoms with Gasteiger partial charge in [0.1, 0.15) is 9.88 Å². The van der Waals surface area contributed by atoms with Crippen LogP contribution in [0.1, 0.15) is 57.2 Å². The first-order valence-corrected chi connectivity index (χ1v) is 9.85. The van der Waals surface area contributed by atoms with Crippen molar-refractivity contribution in [1.82, 2.24) is 0 Å². The fraction of sp³-hybridized carbons (Fsp3) is 0.389. The van der Waals surface area contributed by atoms with Gasteiger partial charge in [0.05, 0.1) is 12.2 Å². The third kappa shape index (κ3) is 4.92. The summed E-state index contributed by atoms with van der Waals surface area (Å²) in [5.41, 5.74) is 1.12. The van der Waals surface area contributed by atoms with Crippen molar-refractivity contribution in [3.8, 4) is 0 Å². The van der Waals surface area contributed by atoms with Gasteiger partial charge >= 0.3 is 11.9 Å². The van der Waals surface area contributed by atoms with Crippen molar-refractivity contribution in [2.45, 2.75) is 33.6 Å². The van der Waals surface area contributed by atoms with Gasteiger partial charge in [-0.1, -0.05) is 13.8 Å². The number of rotatable bonds is 7. The van der Waals surface area contributed by atoms with Gasteiger partial charge in [0.15, 0.2) is 6.61 Å². The number of hydrogen-bond donors (Lipinski definition) is 1. The minimum atomic E-state index is -0.535. The van der Waals surface area contributed by atoms with Crippen LogP contribution in [0.15, 0.2) is 17.5 Å². The molecule has 2 aromatic rings. The summed E-state index contributed by atoms with van der Waals surface area (Å²) in [6, 6.07) is 3.54. The van der Waals surface area contributed by atoms with E-state index in [-0.39, 0.29) is 12.5 Å². The minimum Gasteiger partial charge on any atom is -0.462 e. The second kappa shape index (κ2) is 8.95. The van der Waals surface area contributed by atoms with Gasteiger partial charge < -0.3 is 14.8 Å². The summed E-state index contributed by atoms with van der Waals surface area (Å²) in [5, 5.41) is 4.84. The molecule has 140 valence electrons. The number of anilines is 1. The summed E-state index contributed by atoms with van der Waals surface area (Å²) in [7, 11) is 0. The Morgan fingerprint density at radius 2 is 1.92 bits per heavy atom. The number of ether oxygens (including phenoxy) is 2. The topological polar surface area (TPSA) is 81.7 Å². The van der Waals surface area contributed by atoms with E-state index in [2.05, 4.69) is 5.32 Å². The average Bonchev–Trinajstić information content (AvgIpc) is 3.19. The number of hydrogen-bond acceptors (Lipinski definition) is 7. The lowest BCUT2D eigenvalue weighted by molar-refractivity contribution is -0.119. The van der Waals surface area contributed by atoms with E-state index in [1.54, 1.807) is 25.3 Å². The molecule has 8 heteroatoms. The smallest absolute Gasteiger partial charge is 0.349 e. The van der Waals surface area contributed by atoms with Crippen molar-refractivity contribution in [3.05, 3.63) is 38.4 Å². The van der Waals surface area contributed by atoms with Crippen molar-refractivity contribution >= 4 is 45.5 Å². The SMILES string of the molecule is CCOC(=O)c1cc(C(C)C)sc1NC(=O)COC(=O)c1sccc1C. The van der Waals surface area contributed by atoms with E-state index in [0.29, 0.717) is 15.4 Å². The number of amides is 1. The highest BCUT2D eigenvalue weighted by atomic mass is 32.1. The molecule has 0 aliphatic heterocycles. The van der Waals surface area contributed by atoms with Crippen molar-refractivity contribution in [3.63, 3.8) is 0 Å². The van der Waals surface area contributed by atoms with Gasteiger partial charge in [-0.3, -0.25) is 4.79 Å². The van der Waals surface area contributed by atoms with Crippen LogP contribution in [0.5, 0.6) is 0 Å². The Bertz CT molecular complexity index is 806. The molecule has 26 heavy (non-hydrogen) atoms. The molecule has 0 aliphatic rings. The Morgan fingerprint density at radius 1 is 1.19 bits per heavy atom. The zero-order valence-electron chi connectivity index (χ0n) is 15.1. The lowest BCUT2D eigenvalue weighted by Crippen LogP contribution is -2.21. The highest BCUT2D eigenvalue weighted by Gasteiger charge is 2.21. The number of carbonyl (C=O) groups excluding carboxylic acids is 3.